The number of rotatable bonds is 6. The summed E-state index contributed by atoms with van der Waals surface area (Å²) in [7, 11) is 3.16. The molecule has 0 saturated carbocycles. The fourth-order valence-corrected chi connectivity index (χ4v) is 3.74. The van der Waals surface area contributed by atoms with Gasteiger partial charge in [0.2, 0.25) is 0 Å². The van der Waals surface area contributed by atoms with Crippen molar-refractivity contribution in [2.45, 2.75) is 19.4 Å². The van der Waals surface area contributed by atoms with Gasteiger partial charge in [0, 0.05) is 53.3 Å². The zero-order valence-electron chi connectivity index (χ0n) is 15.9. The molecule has 0 aromatic rings. The molecule has 3 rings (SSSR count). The van der Waals surface area contributed by atoms with E-state index in [9.17, 15) is 14.7 Å². The number of aliphatic hydroxyl groups excluding tert-OH is 1. The van der Waals surface area contributed by atoms with Crippen LogP contribution in [0.1, 0.15) is 13.3 Å². The maximum atomic E-state index is 12.7. The Labute approximate surface area is 154 Å². The Morgan fingerprint density at radius 1 is 1.12 bits per heavy atom. The predicted octanol–water partition coefficient (Wildman–Crippen LogP) is -1.28. The Morgan fingerprint density at radius 2 is 1.77 bits per heavy atom. The summed E-state index contributed by atoms with van der Waals surface area (Å²) >= 11 is 0. The van der Waals surface area contributed by atoms with E-state index in [-0.39, 0.29) is 18.5 Å². The van der Waals surface area contributed by atoms with Crippen LogP contribution in [-0.4, -0.2) is 125 Å². The maximum Gasteiger partial charge on any atom is 0.333 e. The molecule has 0 aromatic heterocycles. The molecule has 0 bridgehead atoms. The summed E-state index contributed by atoms with van der Waals surface area (Å²) in [6, 6.07) is -0.925. The Bertz CT molecular complexity index is 638. The molecule has 3 amide bonds. The molecule has 1 unspecified atom stereocenters. The number of amides is 3. The van der Waals surface area contributed by atoms with E-state index < -0.39 is 6.04 Å². The van der Waals surface area contributed by atoms with Crippen LogP contribution in [0.15, 0.2) is 4.99 Å². The first-order chi connectivity index (χ1) is 12.5. The standard InChI is InChI=1S/C17H29N6O3/c1-4-21-7-9-22(10-8-21)12-13-18-15-14(23(13)6-5-11-24)16(25)20(3)17(26)19(15)2/h14,24H,4-12H2,1-3H3/q+1. The van der Waals surface area contributed by atoms with Gasteiger partial charge >= 0.3 is 11.9 Å². The lowest BCUT2D eigenvalue weighted by atomic mass is 10.1. The molecule has 3 aliphatic heterocycles. The SMILES string of the molecule is CCN1CCN(CC2=[N+](CCCO)C3C(=O)N(C)C(=O)N(C)C3=N2)CC1. The highest BCUT2D eigenvalue weighted by Gasteiger charge is 2.52. The number of amidine groups is 2. The first kappa shape index (κ1) is 18.9. The normalized spacial score (nSPS) is 25.2. The summed E-state index contributed by atoms with van der Waals surface area (Å²) in [5.74, 6) is 1.06. The van der Waals surface area contributed by atoms with Crippen molar-refractivity contribution in [2.24, 2.45) is 4.99 Å². The van der Waals surface area contributed by atoms with E-state index in [0.29, 0.717) is 25.3 Å². The van der Waals surface area contributed by atoms with E-state index in [4.69, 9.17) is 0 Å². The highest BCUT2D eigenvalue weighted by atomic mass is 16.3. The van der Waals surface area contributed by atoms with Gasteiger partial charge in [-0.25, -0.2) is 9.37 Å². The first-order valence-electron chi connectivity index (χ1n) is 9.29. The van der Waals surface area contributed by atoms with Gasteiger partial charge < -0.3 is 10.0 Å². The molecule has 1 atom stereocenters. The molecule has 3 heterocycles. The number of likely N-dealkylation sites (N-methyl/N-ethyl adjacent to an activating group) is 3. The van der Waals surface area contributed by atoms with Crippen LogP contribution < -0.4 is 0 Å². The van der Waals surface area contributed by atoms with Crippen LogP contribution in [0.4, 0.5) is 4.79 Å². The number of aliphatic imine (C=N–C) groups is 1. The molecule has 1 N–H and O–H groups in total. The first-order valence-corrected chi connectivity index (χ1v) is 9.29. The number of hydrogen-bond donors (Lipinski definition) is 1. The van der Waals surface area contributed by atoms with Crippen LogP contribution in [0.3, 0.4) is 0 Å². The van der Waals surface area contributed by atoms with E-state index >= 15 is 0 Å². The number of carbonyl (C=O) groups is 2. The average Bonchev–Trinajstić information content (AvgIpc) is 3.01. The second-order valence-electron chi connectivity index (χ2n) is 7.01. The fraction of sp³-hybridized carbons (Fsp3) is 0.765. The number of aliphatic hydroxyl groups is 1. The minimum Gasteiger partial charge on any atom is -0.396 e. The highest BCUT2D eigenvalue weighted by molar-refractivity contribution is 6.23. The van der Waals surface area contributed by atoms with E-state index in [1.165, 1.54) is 11.9 Å². The number of carbonyl (C=O) groups excluding carboxylic acids is 2. The number of urea groups is 1. The van der Waals surface area contributed by atoms with Gasteiger partial charge in [-0.15, -0.1) is 0 Å². The van der Waals surface area contributed by atoms with Crippen LogP contribution in [-0.2, 0) is 4.79 Å². The quantitative estimate of drug-likeness (QED) is 0.593. The molecule has 0 radical (unpaired) electrons. The van der Waals surface area contributed by atoms with Crippen molar-refractivity contribution < 1.29 is 19.3 Å². The molecule has 0 spiro atoms. The lowest BCUT2D eigenvalue weighted by molar-refractivity contribution is -0.537. The summed E-state index contributed by atoms with van der Waals surface area (Å²) in [6.07, 6.45) is 0.557. The summed E-state index contributed by atoms with van der Waals surface area (Å²) in [5, 5.41) is 9.25. The molecule has 9 nitrogen and oxygen atoms in total. The maximum absolute atomic E-state index is 12.7. The average molecular weight is 365 g/mol. The van der Waals surface area contributed by atoms with E-state index in [1.54, 1.807) is 7.05 Å². The molecular formula is C17H29N6O3+. The predicted molar refractivity (Wildman–Crippen MR) is 97.5 cm³/mol. The summed E-state index contributed by atoms with van der Waals surface area (Å²) in [6.45, 7) is 8.46. The van der Waals surface area contributed by atoms with Crippen molar-refractivity contribution in [2.75, 3.05) is 66.5 Å². The van der Waals surface area contributed by atoms with Crippen LogP contribution in [0.5, 0.6) is 0 Å². The van der Waals surface area contributed by atoms with Gasteiger partial charge in [0.15, 0.2) is 0 Å². The largest absolute Gasteiger partial charge is 0.396 e. The number of imide groups is 1. The summed E-state index contributed by atoms with van der Waals surface area (Å²) in [5.41, 5.74) is 0. The monoisotopic (exact) mass is 365 g/mol. The third-order valence-corrected chi connectivity index (χ3v) is 5.45. The summed E-state index contributed by atoms with van der Waals surface area (Å²) in [4.78, 5) is 37.0. The topological polar surface area (TPSA) is 82.7 Å². The van der Waals surface area contributed by atoms with Gasteiger partial charge in [-0.05, 0) is 11.5 Å². The molecule has 26 heavy (non-hydrogen) atoms. The van der Waals surface area contributed by atoms with E-state index in [2.05, 4.69) is 21.7 Å². The van der Waals surface area contributed by atoms with Crippen LogP contribution in [0.25, 0.3) is 0 Å². The van der Waals surface area contributed by atoms with Crippen molar-refractivity contribution in [3.8, 4) is 0 Å². The fourth-order valence-electron chi connectivity index (χ4n) is 3.74. The second-order valence-corrected chi connectivity index (χ2v) is 7.01. The van der Waals surface area contributed by atoms with Gasteiger partial charge in [0.05, 0.1) is 6.54 Å². The number of fused-ring (bicyclic) bond motifs is 1. The molecule has 0 aromatic carbocycles. The minimum absolute atomic E-state index is 0.0554. The second kappa shape index (κ2) is 7.81. The van der Waals surface area contributed by atoms with Crippen LogP contribution in [0, 0.1) is 0 Å². The number of piperazine rings is 1. The minimum atomic E-state index is -0.568. The molecule has 9 heteroatoms. The zero-order valence-corrected chi connectivity index (χ0v) is 15.9. The molecule has 144 valence electrons. The molecule has 3 aliphatic rings. The van der Waals surface area contributed by atoms with Crippen LogP contribution >= 0.6 is 0 Å². The Hall–Kier alpha value is -1.84. The van der Waals surface area contributed by atoms with Crippen molar-refractivity contribution in [1.29, 1.82) is 0 Å². The Balaban J connectivity index is 1.83. The third kappa shape index (κ3) is 3.38. The van der Waals surface area contributed by atoms with Crippen molar-refractivity contribution >= 4 is 23.6 Å². The molecular weight excluding hydrogens is 336 g/mol. The zero-order chi connectivity index (χ0) is 18.8. The number of nitrogens with zero attached hydrogens (tertiary/aromatic N) is 6. The van der Waals surface area contributed by atoms with Gasteiger partial charge in [-0.1, -0.05) is 6.92 Å². The van der Waals surface area contributed by atoms with E-state index in [0.717, 1.165) is 43.5 Å². The van der Waals surface area contributed by atoms with Gasteiger partial charge in [0.25, 0.3) is 17.8 Å². The molecule has 2 fully saturated rings. The summed E-state index contributed by atoms with van der Waals surface area (Å²) < 4.78 is 1.96. The van der Waals surface area contributed by atoms with E-state index in [1.807, 2.05) is 4.58 Å². The smallest absolute Gasteiger partial charge is 0.333 e. The Kier molecular flexibility index (Phi) is 5.69. The molecule has 0 aliphatic carbocycles. The molecule has 2 saturated heterocycles. The van der Waals surface area contributed by atoms with Gasteiger partial charge in [0.1, 0.15) is 6.54 Å². The van der Waals surface area contributed by atoms with Crippen molar-refractivity contribution in [3.63, 3.8) is 0 Å². The van der Waals surface area contributed by atoms with Crippen LogP contribution in [0.2, 0.25) is 0 Å². The number of hydrogen-bond acceptors (Lipinski definition) is 6. The lowest BCUT2D eigenvalue weighted by Crippen LogP contribution is -2.61. The lowest BCUT2D eigenvalue weighted by Gasteiger charge is -2.33. The van der Waals surface area contributed by atoms with Gasteiger partial charge in [-0.2, -0.15) is 0 Å². The van der Waals surface area contributed by atoms with Crippen molar-refractivity contribution in [1.82, 2.24) is 19.6 Å². The third-order valence-electron chi connectivity index (χ3n) is 5.45. The van der Waals surface area contributed by atoms with Crippen molar-refractivity contribution in [3.05, 3.63) is 0 Å². The highest BCUT2D eigenvalue weighted by Crippen LogP contribution is 2.19. The van der Waals surface area contributed by atoms with Gasteiger partial charge in [-0.3, -0.25) is 19.5 Å². The Morgan fingerprint density at radius 3 is 2.38 bits per heavy atom.